The molecule has 1 saturated heterocycles. The van der Waals surface area contributed by atoms with Gasteiger partial charge in [-0.1, -0.05) is 13.3 Å². The normalized spacial score (nSPS) is 19.7. The first kappa shape index (κ1) is 16.1. The van der Waals surface area contributed by atoms with Gasteiger partial charge in [0.1, 0.15) is 0 Å². The predicted octanol–water partition coefficient (Wildman–Crippen LogP) is 2.34. The number of nitrogens with one attached hydrogen (secondary N) is 1. The van der Waals surface area contributed by atoms with Crippen LogP contribution in [0.5, 0.6) is 0 Å². The second-order valence-electron chi connectivity index (χ2n) is 5.56. The van der Waals surface area contributed by atoms with E-state index in [9.17, 15) is 8.42 Å². The van der Waals surface area contributed by atoms with E-state index in [0.717, 1.165) is 31.5 Å². The SMILES string of the molecule is CCCC1CCCCN1c1ccc(S(=O)(=O)NC)cc1N. The Hall–Kier alpha value is -1.27. The van der Waals surface area contributed by atoms with Gasteiger partial charge in [-0.3, -0.25) is 0 Å². The minimum atomic E-state index is -3.44. The minimum absolute atomic E-state index is 0.218. The molecule has 1 aliphatic rings. The molecular formula is C15H25N3O2S. The third-order valence-electron chi connectivity index (χ3n) is 4.14. The zero-order chi connectivity index (χ0) is 15.5. The summed E-state index contributed by atoms with van der Waals surface area (Å²) in [7, 11) is -2.04. The Balaban J connectivity index is 2.31. The number of nitrogen functional groups attached to an aromatic ring is 1. The van der Waals surface area contributed by atoms with Gasteiger partial charge in [-0.2, -0.15) is 0 Å². The Morgan fingerprint density at radius 3 is 2.76 bits per heavy atom. The number of piperidine rings is 1. The number of anilines is 2. The van der Waals surface area contributed by atoms with E-state index < -0.39 is 10.0 Å². The summed E-state index contributed by atoms with van der Waals surface area (Å²) in [5.41, 5.74) is 7.63. The second kappa shape index (κ2) is 6.66. The molecule has 1 unspecified atom stereocenters. The molecule has 0 saturated carbocycles. The standard InChI is InChI=1S/C15H25N3O2S/c1-3-6-12-7-4-5-10-18(12)15-9-8-13(11-14(15)16)21(19,20)17-2/h8-9,11-12,17H,3-7,10,16H2,1-2H3. The minimum Gasteiger partial charge on any atom is -0.397 e. The average Bonchev–Trinajstić information content (AvgIpc) is 2.48. The predicted molar refractivity (Wildman–Crippen MR) is 87.0 cm³/mol. The molecular weight excluding hydrogens is 286 g/mol. The zero-order valence-electron chi connectivity index (χ0n) is 12.8. The highest BCUT2D eigenvalue weighted by molar-refractivity contribution is 7.89. The highest BCUT2D eigenvalue weighted by Gasteiger charge is 2.24. The van der Waals surface area contributed by atoms with Gasteiger partial charge in [0.25, 0.3) is 0 Å². The summed E-state index contributed by atoms with van der Waals surface area (Å²) in [5.74, 6) is 0. The van der Waals surface area contributed by atoms with Crippen LogP contribution in [0, 0.1) is 0 Å². The Bertz CT molecular complexity index is 585. The lowest BCUT2D eigenvalue weighted by molar-refractivity contribution is 0.435. The van der Waals surface area contributed by atoms with Crippen molar-refractivity contribution < 1.29 is 8.42 Å². The lowest BCUT2D eigenvalue weighted by Gasteiger charge is -2.38. The first-order valence-electron chi connectivity index (χ1n) is 7.59. The van der Waals surface area contributed by atoms with Crippen molar-refractivity contribution in [2.24, 2.45) is 0 Å². The van der Waals surface area contributed by atoms with Gasteiger partial charge in [-0.15, -0.1) is 0 Å². The van der Waals surface area contributed by atoms with Crippen LogP contribution in [0.2, 0.25) is 0 Å². The van der Waals surface area contributed by atoms with Crippen molar-refractivity contribution in [3.63, 3.8) is 0 Å². The van der Waals surface area contributed by atoms with E-state index in [1.165, 1.54) is 19.9 Å². The van der Waals surface area contributed by atoms with E-state index in [4.69, 9.17) is 5.73 Å². The van der Waals surface area contributed by atoms with Crippen molar-refractivity contribution in [1.29, 1.82) is 0 Å². The van der Waals surface area contributed by atoms with Crippen LogP contribution in [0.25, 0.3) is 0 Å². The van der Waals surface area contributed by atoms with Crippen LogP contribution < -0.4 is 15.4 Å². The van der Waals surface area contributed by atoms with Gasteiger partial charge in [0, 0.05) is 12.6 Å². The van der Waals surface area contributed by atoms with Crippen molar-refractivity contribution in [3.8, 4) is 0 Å². The molecule has 1 heterocycles. The molecule has 1 atom stereocenters. The molecule has 0 spiro atoms. The summed E-state index contributed by atoms with van der Waals surface area (Å²) in [5, 5.41) is 0. The quantitative estimate of drug-likeness (QED) is 0.818. The molecule has 1 aromatic rings. The van der Waals surface area contributed by atoms with Crippen LogP contribution in [-0.2, 0) is 10.0 Å². The molecule has 0 aliphatic carbocycles. The molecule has 3 N–H and O–H groups in total. The van der Waals surface area contributed by atoms with Crippen LogP contribution in [-0.4, -0.2) is 28.1 Å². The van der Waals surface area contributed by atoms with E-state index in [1.54, 1.807) is 12.1 Å². The van der Waals surface area contributed by atoms with Crippen molar-refractivity contribution in [2.75, 3.05) is 24.2 Å². The van der Waals surface area contributed by atoms with Gasteiger partial charge in [0.05, 0.1) is 16.3 Å². The Morgan fingerprint density at radius 2 is 2.14 bits per heavy atom. The number of sulfonamides is 1. The average molecular weight is 311 g/mol. The topological polar surface area (TPSA) is 75.4 Å². The van der Waals surface area contributed by atoms with Crippen LogP contribution in [0.4, 0.5) is 11.4 Å². The zero-order valence-corrected chi connectivity index (χ0v) is 13.6. The summed E-state index contributed by atoms with van der Waals surface area (Å²) in [6.45, 7) is 3.19. The highest BCUT2D eigenvalue weighted by atomic mass is 32.2. The van der Waals surface area contributed by atoms with Crippen LogP contribution >= 0.6 is 0 Å². The first-order chi connectivity index (χ1) is 9.99. The lowest BCUT2D eigenvalue weighted by atomic mass is 9.97. The molecule has 0 amide bonds. The van der Waals surface area contributed by atoms with Crippen LogP contribution in [0.1, 0.15) is 39.0 Å². The second-order valence-corrected chi connectivity index (χ2v) is 7.45. The molecule has 1 aliphatic heterocycles. The van der Waals surface area contributed by atoms with E-state index in [-0.39, 0.29) is 4.90 Å². The fourth-order valence-corrected chi connectivity index (χ4v) is 3.80. The van der Waals surface area contributed by atoms with E-state index in [2.05, 4.69) is 16.5 Å². The molecule has 1 fully saturated rings. The summed E-state index contributed by atoms with van der Waals surface area (Å²) in [6, 6.07) is 5.54. The van der Waals surface area contributed by atoms with Crippen molar-refractivity contribution in [3.05, 3.63) is 18.2 Å². The molecule has 1 aromatic carbocycles. The van der Waals surface area contributed by atoms with Gasteiger partial charge in [-0.25, -0.2) is 13.1 Å². The largest absolute Gasteiger partial charge is 0.397 e. The monoisotopic (exact) mass is 311 g/mol. The van der Waals surface area contributed by atoms with Gasteiger partial charge in [-0.05, 0) is 50.9 Å². The fraction of sp³-hybridized carbons (Fsp3) is 0.600. The first-order valence-corrected chi connectivity index (χ1v) is 9.07. The Morgan fingerprint density at radius 1 is 1.38 bits per heavy atom. The number of hydrogen-bond donors (Lipinski definition) is 2. The van der Waals surface area contributed by atoms with Gasteiger partial charge < -0.3 is 10.6 Å². The highest BCUT2D eigenvalue weighted by Crippen LogP contribution is 2.32. The molecule has 118 valence electrons. The summed E-state index contributed by atoms with van der Waals surface area (Å²) in [4.78, 5) is 2.56. The molecule has 6 heteroatoms. The maximum atomic E-state index is 11.8. The molecule has 0 radical (unpaired) electrons. The molecule has 2 rings (SSSR count). The Kier molecular flexibility index (Phi) is 5.11. The molecule has 21 heavy (non-hydrogen) atoms. The fourth-order valence-electron chi connectivity index (χ4n) is 3.03. The lowest BCUT2D eigenvalue weighted by Crippen LogP contribution is -2.39. The third kappa shape index (κ3) is 3.49. The maximum Gasteiger partial charge on any atom is 0.240 e. The van der Waals surface area contributed by atoms with Gasteiger partial charge in [0.15, 0.2) is 0 Å². The number of nitrogens with two attached hydrogens (primary N) is 1. The van der Waals surface area contributed by atoms with Gasteiger partial charge in [0.2, 0.25) is 10.0 Å². The molecule has 5 nitrogen and oxygen atoms in total. The van der Waals surface area contributed by atoms with E-state index in [0.29, 0.717) is 11.7 Å². The van der Waals surface area contributed by atoms with Crippen molar-refractivity contribution in [2.45, 2.75) is 50.0 Å². The molecule has 0 aromatic heterocycles. The maximum absolute atomic E-state index is 11.8. The van der Waals surface area contributed by atoms with Crippen molar-refractivity contribution >= 4 is 21.4 Å². The third-order valence-corrected chi connectivity index (χ3v) is 5.55. The number of rotatable bonds is 5. The number of benzene rings is 1. The van der Waals surface area contributed by atoms with Crippen LogP contribution in [0.15, 0.2) is 23.1 Å². The number of hydrogen-bond acceptors (Lipinski definition) is 4. The smallest absolute Gasteiger partial charge is 0.240 e. The summed E-state index contributed by atoms with van der Waals surface area (Å²) in [6.07, 6.45) is 5.90. The van der Waals surface area contributed by atoms with E-state index >= 15 is 0 Å². The summed E-state index contributed by atoms with van der Waals surface area (Å²) < 4.78 is 26.0. The molecule has 0 bridgehead atoms. The van der Waals surface area contributed by atoms with Crippen LogP contribution in [0.3, 0.4) is 0 Å². The Labute approximate surface area is 127 Å². The van der Waals surface area contributed by atoms with E-state index in [1.807, 2.05) is 6.07 Å². The number of nitrogens with zero attached hydrogens (tertiary/aromatic N) is 1. The summed E-state index contributed by atoms with van der Waals surface area (Å²) >= 11 is 0. The van der Waals surface area contributed by atoms with Gasteiger partial charge >= 0.3 is 0 Å². The van der Waals surface area contributed by atoms with Crippen molar-refractivity contribution in [1.82, 2.24) is 4.72 Å².